The van der Waals surface area contributed by atoms with Gasteiger partial charge >= 0.3 is 23.3 Å². The molecule has 0 spiro atoms. The van der Waals surface area contributed by atoms with Crippen molar-refractivity contribution in [2.75, 3.05) is 19.4 Å². The Morgan fingerprint density at radius 2 is 1.60 bits per heavy atom. The van der Waals surface area contributed by atoms with E-state index >= 15 is 0 Å². The van der Waals surface area contributed by atoms with E-state index in [0.29, 0.717) is 5.39 Å². The number of thiol groups is 1. The van der Waals surface area contributed by atoms with E-state index in [0.717, 1.165) is 6.07 Å². The van der Waals surface area contributed by atoms with Crippen LogP contribution in [-0.2, 0) is 19.2 Å². The number of aliphatic carboxylic acids is 2. The normalized spacial score (nSPS) is 11.9. The van der Waals surface area contributed by atoms with Crippen LogP contribution in [0.5, 0.6) is 34.5 Å². The summed E-state index contributed by atoms with van der Waals surface area (Å²) in [6.45, 7) is -0.567. The van der Waals surface area contributed by atoms with Crippen molar-refractivity contribution in [3.8, 4) is 45.8 Å². The molecular formula is C26H30N3O13S+. The van der Waals surface area contributed by atoms with Crippen LogP contribution in [0.25, 0.3) is 22.3 Å². The second-order valence-electron chi connectivity index (χ2n) is 8.78. The summed E-state index contributed by atoms with van der Waals surface area (Å²) in [7, 11) is 1.39. The minimum atomic E-state index is -1.22. The van der Waals surface area contributed by atoms with Crippen LogP contribution in [-0.4, -0.2) is 91.0 Å². The summed E-state index contributed by atoms with van der Waals surface area (Å²) in [6, 6.07) is 4.18. The van der Waals surface area contributed by atoms with Gasteiger partial charge in [0.2, 0.25) is 17.6 Å². The fraction of sp³-hybridized carbons (Fsp3) is 0.269. The molecule has 0 bridgehead atoms. The van der Waals surface area contributed by atoms with E-state index in [9.17, 15) is 44.7 Å². The van der Waals surface area contributed by atoms with Crippen molar-refractivity contribution in [1.82, 2.24) is 10.6 Å². The third-order valence-electron chi connectivity index (χ3n) is 5.62. The van der Waals surface area contributed by atoms with Crippen molar-refractivity contribution < 1.29 is 64.1 Å². The molecule has 0 saturated heterocycles. The molecule has 1 unspecified atom stereocenters. The molecule has 16 nitrogen and oxygen atoms in total. The van der Waals surface area contributed by atoms with Gasteiger partial charge in [0.1, 0.15) is 35.5 Å². The zero-order chi connectivity index (χ0) is 32.4. The average Bonchev–Trinajstić information content (AvgIpc) is 2.95. The standard InChI is InChI=1S/C16H12O7.C10H17N3O6S/c1-22-14-6-9-10(18)4-8(17)5-13(9)23-16(14)7-2-11(19)15(21)12(20)3-7;11-5(10(18)19)1-2-7(14)13-6(4-20)9(17)12-3-8(15)16/h2-6H,1H3,(H4-,17,18,19,20,21);5-6,20H,1-4,11H2,(H,12,17)(H,13,14)(H,15,16)(H,18,19)/p+1/t;5?,6-/m.0/s1. The van der Waals surface area contributed by atoms with Crippen LogP contribution in [0.1, 0.15) is 12.8 Å². The van der Waals surface area contributed by atoms with Gasteiger partial charge in [-0.2, -0.15) is 12.6 Å². The summed E-state index contributed by atoms with van der Waals surface area (Å²) in [5.74, 6) is -5.43. The number of rotatable bonds is 11. The number of benzene rings is 2. The van der Waals surface area contributed by atoms with E-state index < -0.39 is 59.6 Å². The highest BCUT2D eigenvalue weighted by atomic mass is 32.1. The molecule has 17 heteroatoms. The third kappa shape index (κ3) is 9.44. The number of hydrogen-bond donors (Lipinski definition) is 11. The van der Waals surface area contributed by atoms with E-state index in [-0.39, 0.29) is 52.7 Å². The number of phenolic OH excluding ortho intramolecular Hbond substituents is 5. The molecule has 0 saturated carbocycles. The average molecular weight is 625 g/mol. The molecule has 2 atom stereocenters. The first-order valence-corrected chi connectivity index (χ1v) is 12.8. The second-order valence-corrected chi connectivity index (χ2v) is 9.15. The molecule has 43 heavy (non-hydrogen) atoms. The predicted molar refractivity (Wildman–Crippen MR) is 152 cm³/mol. The maximum Gasteiger partial charge on any atom is 0.402 e. The highest BCUT2D eigenvalue weighted by Crippen LogP contribution is 2.43. The van der Waals surface area contributed by atoms with Crippen LogP contribution in [0.2, 0.25) is 0 Å². The predicted octanol–water partition coefficient (Wildman–Crippen LogP) is 0.711. The molecular weight excluding hydrogens is 594 g/mol. The number of nitrogens with one attached hydrogen (secondary N) is 2. The largest absolute Gasteiger partial charge is 0.507 e. The Bertz CT molecular complexity index is 1490. The van der Waals surface area contributed by atoms with E-state index in [1.165, 1.54) is 31.4 Å². The maximum atomic E-state index is 11.5. The van der Waals surface area contributed by atoms with Gasteiger partial charge in [0.15, 0.2) is 17.2 Å². The number of carbonyl (C=O) groups excluding carboxylic acids is 2. The van der Waals surface area contributed by atoms with Crippen LogP contribution >= 0.6 is 12.6 Å². The summed E-state index contributed by atoms with van der Waals surface area (Å²) in [4.78, 5) is 43.7. The van der Waals surface area contributed by atoms with Gasteiger partial charge in [-0.3, -0.25) is 19.2 Å². The number of aromatic hydroxyl groups is 5. The molecule has 0 aliphatic carbocycles. The van der Waals surface area contributed by atoms with Gasteiger partial charge in [-0.1, -0.05) is 0 Å². The van der Waals surface area contributed by atoms with Crippen molar-refractivity contribution in [3.63, 3.8) is 0 Å². The van der Waals surface area contributed by atoms with Gasteiger partial charge < -0.3 is 56.8 Å². The zero-order valence-electron chi connectivity index (χ0n) is 22.5. The number of methoxy groups -OCH3 is 1. The first-order valence-electron chi connectivity index (χ1n) is 12.2. The topological polar surface area (TPSA) is 280 Å². The summed E-state index contributed by atoms with van der Waals surface area (Å²) >= 11 is 3.87. The number of nitrogens with two attached hydrogens (primary N) is 1. The number of carboxylic acid groups (broad SMARTS) is 2. The first kappa shape index (κ1) is 34.0. The van der Waals surface area contributed by atoms with Crippen molar-refractivity contribution in [2.45, 2.75) is 24.9 Å². The van der Waals surface area contributed by atoms with Crippen LogP contribution in [0, 0.1) is 0 Å². The lowest BCUT2D eigenvalue weighted by Gasteiger charge is -2.16. The molecule has 0 aliphatic heterocycles. The number of fused-ring (bicyclic) bond motifs is 1. The van der Waals surface area contributed by atoms with Gasteiger partial charge in [-0.05, 0) is 6.42 Å². The molecule has 1 heterocycles. The van der Waals surface area contributed by atoms with E-state index in [1.54, 1.807) is 0 Å². The SMILES string of the molecule is COc1cc2c(O)cc(O)cc2[o+]c1-c1cc(O)c(O)c(O)c1.NC(CCC(=O)N[C@@H](CS)C(=O)NCC(=O)O)C(=O)O. The third-order valence-corrected chi connectivity index (χ3v) is 5.98. The summed E-state index contributed by atoms with van der Waals surface area (Å²) in [6.07, 6.45) is -0.235. The van der Waals surface area contributed by atoms with Gasteiger partial charge in [0, 0.05) is 36.4 Å². The van der Waals surface area contributed by atoms with Crippen molar-refractivity contribution in [3.05, 3.63) is 30.3 Å². The van der Waals surface area contributed by atoms with Gasteiger partial charge in [-0.25, -0.2) is 4.42 Å². The number of hydrogen-bond acceptors (Lipinski definition) is 12. The molecule has 11 N–H and O–H groups in total. The van der Waals surface area contributed by atoms with Crippen LogP contribution in [0.3, 0.4) is 0 Å². The van der Waals surface area contributed by atoms with Gasteiger partial charge in [0.25, 0.3) is 0 Å². The van der Waals surface area contributed by atoms with Gasteiger partial charge in [-0.15, -0.1) is 0 Å². The summed E-state index contributed by atoms with van der Waals surface area (Å²) < 4.78 is 10.8. The lowest BCUT2D eigenvalue weighted by atomic mass is 10.1. The molecule has 3 aromatic rings. The minimum absolute atomic E-state index is 0.0256. The summed E-state index contributed by atoms with van der Waals surface area (Å²) in [5.41, 5.74) is 5.64. The maximum absolute atomic E-state index is 11.5. The Morgan fingerprint density at radius 1 is 0.977 bits per heavy atom. The van der Waals surface area contributed by atoms with Crippen molar-refractivity contribution >= 4 is 47.4 Å². The Hall–Kier alpha value is -5.16. The highest BCUT2D eigenvalue weighted by Gasteiger charge is 2.27. The number of amides is 2. The van der Waals surface area contributed by atoms with E-state index in [4.69, 9.17) is 25.1 Å². The molecule has 0 fully saturated rings. The first-order chi connectivity index (χ1) is 20.2. The Morgan fingerprint density at radius 3 is 2.14 bits per heavy atom. The molecule has 232 valence electrons. The van der Waals surface area contributed by atoms with Crippen molar-refractivity contribution in [2.24, 2.45) is 5.73 Å². The molecule has 2 aromatic carbocycles. The zero-order valence-corrected chi connectivity index (χ0v) is 23.4. The lowest BCUT2D eigenvalue weighted by Crippen LogP contribution is -2.49. The monoisotopic (exact) mass is 624 g/mol. The number of ether oxygens (including phenoxy) is 1. The van der Waals surface area contributed by atoms with Crippen LogP contribution < -0.4 is 21.1 Å². The Labute approximate surface area is 248 Å². The molecule has 1 aromatic heterocycles. The highest BCUT2D eigenvalue weighted by molar-refractivity contribution is 7.80. The molecule has 0 aliphatic rings. The fourth-order valence-corrected chi connectivity index (χ4v) is 3.69. The molecule has 0 radical (unpaired) electrons. The number of phenols is 5. The molecule has 2 amide bonds. The summed E-state index contributed by atoms with van der Waals surface area (Å²) in [5, 5.41) is 69.8. The van der Waals surface area contributed by atoms with E-state index in [2.05, 4.69) is 23.3 Å². The van der Waals surface area contributed by atoms with Gasteiger partial charge in [0.05, 0.1) is 18.7 Å². The number of carboxylic acids is 2. The lowest BCUT2D eigenvalue weighted by molar-refractivity contribution is -0.139. The second kappa shape index (κ2) is 15.2. The quantitative estimate of drug-likeness (QED) is 0.0796. The molecule has 3 rings (SSSR count). The number of carbonyl (C=O) groups is 4. The van der Waals surface area contributed by atoms with Crippen LogP contribution in [0.4, 0.5) is 0 Å². The van der Waals surface area contributed by atoms with Crippen LogP contribution in [0.15, 0.2) is 34.7 Å². The van der Waals surface area contributed by atoms with E-state index in [1.807, 2.05) is 0 Å². The Balaban J connectivity index is 0.000000304. The van der Waals surface area contributed by atoms with Crippen molar-refractivity contribution in [1.29, 1.82) is 0 Å². The Kier molecular flexibility index (Phi) is 12.0. The smallest absolute Gasteiger partial charge is 0.402 e. The fourth-order valence-electron chi connectivity index (χ4n) is 3.43. The minimum Gasteiger partial charge on any atom is -0.507 e.